The van der Waals surface area contributed by atoms with E-state index in [0.29, 0.717) is 53.9 Å². The van der Waals surface area contributed by atoms with Crippen LogP contribution in [0.3, 0.4) is 0 Å². The fraction of sp³-hybridized carbons (Fsp3) is 0.675. The number of anilines is 1. The molecule has 1 aromatic heterocycles. The zero-order chi connectivity index (χ0) is 36.9. The lowest BCUT2D eigenvalue weighted by Crippen LogP contribution is -2.45. The Hall–Kier alpha value is -3.47. The molecule has 0 radical (unpaired) electrons. The highest BCUT2D eigenvalue weighted by atomic mass is 32.1. The maximum atomic E-state index is 13.7. The first-order valence-corrected chi connectivity index (χ1v) is 19.5. The molecule has 0 bridgehead atoms. The number of carbonyl (C=O) groups excluding carboxylic acids is 3. The number of hydrogen-bond donors (Lipinski definition) is 1. The molecule has 4 aliphatic rings. The Balaban J connectivity index is 1.25. The number of ether oxygens (including phenoxy) is 2. The van der Waals surface area contributed by atoms with Gasteiger partial charge in [-0.15, -0.1) is 11.3 Å². The number of oxime groups is 1. The molecule has 278 valence electrons. The number of fused-ring (bicyclic) bond motifs is 5. The Labute approximate surface area is 307 Å². The smallest absolute Gasteiger partial charge is 0.411 e. The molecule has 6 rings (SSSR count). The molecule has 11 heteroatoms. The third-order valence-electron chi connectivity index (χ3n) is 11.7. The fourth-order valence-electron chi connectivity index (χ4n) is 9.51. The highest BCUT2D eigenvalue weighted by Crippen LogP contribution is 2.63. The van der Waals surface area contributed by atoms with Crippen molar-refractivity contribution in [1.29, 1.82) is 0 Å². The van der Waals surface area contributed by atoms with Gasteiger partial charge >= 0.3 is 12.1 Å². The quantitative estimate of drug-likeness (QED) is 0.173. The Morgan fingerprint density at radius 2 is 1.88 bits per heavy atom. The summed E-state index contributed by atoms with van der Waals surface area (Å²) < 4.78 is 11.9. The van der Waals surface area contributed by atoms with Crippen LogP contribution in [0.5, 0.6) is 5.75 Å². The van der Waals surface area contributed by atoms with Gasteiger partial charge in [0.15, 0.2) is 5.13 Å². The van der Waals surface area contributed by atoms with Crippen molar-refractivity contribution in [2.24, 2.45) is 28.3 Å². The molecule has 6 atom stereocenters. The summed E-state index contributed by atoms with van der Waals surface area (Å²) in [6.07, 6.45) is 8.63. The molecule has 2 saturated carbocycles. The van der Waals surface area contributed by atoms with Crippen molar-refractivity contribution in [3.8, 4) is 5.75 Å². The minimum atomic E-state index is -0.667. The van der Waals surface area contributed by atoms with E-state index in [9.17, 15) is 14.4 Å². The van der Waals surface area contributed by atoms with Gasteiger partial charge in [0.2, 0.25) is 5.91 Å². The standard InChI is InChI=1S/C40H56N4O6S/c1-23-22-41-36(51-23)42-33(45)15-13-25-20-32(43-48-9)40(8)17-16-26-27(34(25)40)14-12-24-19-31(29(21-28(24)26)38(2,3)4)49-35(46)30-11-10-18-44(30)37(47)50-39(5,6)7/h19,21-22,25-27,30,34H,10-18,20H2,1-9H3,(H,41,42,45)/b43-32+/t25-,26?,27?,30?,34?,40-/m1/s1. The van der Waals surface area contributed by atoms with Crippen LogP contribution in [0.15, 0.2) is 23.5 Å². The number of esters is 1. The van der Waals surface area contributed by atoms with Crippen molar-refractivity contribution in [2.75, 3.05) is 19.0 Å². The van der Waals surface area contributed by atoms with Crippen molar-refractivity contribution in [3.63, 3.8) is 0 Å². The number of thiazole rings is 1. The first-order valence-electron chi connectivity index (χ1n) is 18.7. The Morgan fingerprint density at radius 1 is 1.12 bits per heavy atom. The van der Waals surface area contributed by atoms with Crippen LogP contribution in [0.2, 0.25) is 0 Å². The predicted molar refractivity (Wildman–Crippen MR) is 199 cm³/mol. The number of likely N-dealkylation sites (tertiary alicyclic amines) is 1. The zero-order valence-electron chi connectivity index (χ0n) is 31.9. The van der Waals surface area contributed by atoms with Crippen molar-refractivity contribution < 1.29 is 28.7 Å². The summed E-state index contributed by atoms with van der Waals surface area (Å²) in [6, 6.07) is 3.76. The SMILES string of the molecule is CO/N=C1\C[C@@H](CCC(=O)Nc2ncc(C)s2)C2C3CCc4cc(OC(=O)C5CCCN5C(=O)OC(C)(C)C)c(C(C)(C)C)cc4C3CC[C@]12C. The molecule has 3 aliphatic carbocycles. The van der Waals surface area contributed by atoms with E-state index in [1.807, 2.05) is 27.7 Å². The molecular weight excluding hydrogens is 665 g/mol. The highest BCUT2D eigenvalue weighted by molar-refractivity contribution is 7.15. The van der Waals surface area contributed by atoms with Gasteiger partial charge in [0, 0.05) is 35.0 Å². The largest absolute Gasteiger partial charge is 0.444 e. The summed E-state index contributed by atoms with van der Waals surface area (Å²) in [7, 11) is 1.63. The Bertz CT molecular complexity index is 1690. The molecule has 4 unspecified atom stereocenters. The molecule has 2 aromatic rings. The molecule has 1 N–H and O–H groups in total. The second-order valence-corrected chi connectivity index (χ2v) is 18.6. The minimum Gasteiger partial charge on any atom is -0.444 e. The van der Waals surface area contributed by atoms with Crippen LogP contribution < -0.4 is 10.1 Å². The monoisotopic (exact) mass is 720 g/mol. The van der Waals surface area contributed by atoms with E-state index in [1.54, 1.807) is 13.3 Å². The van der Waals surface area contributed by atoms with Crippen molar-refractivity contribution in [1.82, 2.24) is 9.88 Å². The molecule has 0 spiro atoms. The summed E-state index contributed by atoms with van der Waals surface area (Å²) in [5, 5.41) is 8.24. The number of hydrogen-bond acceptors (Lipinski definition) is 9. The van der Waals surface area contributed by atoms with Gasteiger partial charge in [-0.25, -0.2) is 14.6 Å². The molecule has 1 aromatic carbocycles. The summed E-state index contributed by atoms with van der Waals surface area (Å²) >= 11 is 1.50. The van der Waals surface area contributed by atoms with Crippen molar-refractivity contribution in [2.45, 2.75) is 136 Å². The molecule has 10 nitrogen and oxygen atoms in total. The van der Waals surface area contributed by atoms with Gasteiger partial charge in [0.05, 0.1) is 5.71 Å². The number of aryl methyl sites for hydroxylation is 2. The zero-order valence-corrected chi connectivity index (χ0v) is 32.7. The molecule has 1 aliphatic heterocycles. The van der Waals surface area contributed by atoms with Crippen LogP contribution in [-0.4, -0.2) is 58.9 Å². The second kappa shape index (κ2) is 14.2. The Morgan fingerprint density at radius 3 is 2.55 bits per heavy atom. The summed E-state index contributed by atoms with van der Waals surface area (Å²) in [6.45, 7) is 16.8. The van der Waals surface area contributed by atoms with Gasteiger partial charge in [-0.3, -0.25) is 9.69 Å². The number of amides is 2. The molecule has 2 amide bonds. The first-order chi connectivity index (χ1) is 24.0. The number of carbonyl (C=O) groups is 3. The lowest BCUT2D eigenvalue weighted by Gasteiger charge is -2.50. The highest BCUT2D eigenvalue weighted by Gasteiger charge is 2.58. The van der Waals surface area contributed by atoms with Crippen LogP contribution in [-0.2, 0) is 31.0 Å². The topological polar surface area (TPSA) is 119 Å². The van der Waals surface area contributed by atoms with Crippen molar-refractivity contribution >= 4 is 40.1 Å². The summed E-state index contributed by atoms with van der Waals surface area (Å²) in [5.74, 6) is 1.71. The van der Waals surface area contributed by atoms with Gasteiger partial charge in [0.1, 0.15) is 24.5 Å². The van der Waals surface area contributed by atoms with Gasteiger partial charge in [-0.05, 0) is 125 Å². The number of aromatic nitrogens is 1. The third kappa shape index (κ3) is 7.69. The Kier molecular flexibility index (Phi) is 10.4. The van der Waals surface area contributed by atoms with E-state index in [4.69, 9.17) is 14.3 Å². The molecule has 51 heavy (non-hydrogen) atoms. The lowest BCUT2D eigenvalue weighted by atomic mass is 9.53. The first kappa shape index (κ1) is 37.3. The van der Waals surface area contributed by atoms with E-state index >= 15 is 0 Å². The number of nitrogens with zero attached hydrogens (tertiary/aromatic N) is 3. The van der Waals surface area contributed by atoms with Crippen LogP contribution in [0, 0.1) is 30.1 Å². The maximum Gasteiger partial charge on any atom is 0.411 e. The number of benzene rings is 1. The van der Waals surface area contributed by atoms with E-state index in [-0.39, 0.29) is 16.7 Å². The third-order valence-corrected chi connectivity index (χ3v) is 12.5. The predicted octanol–water partition coefficient (Wildman–Crippen LogP) is 8.56. The maximum absolute atomic E-state index is 13.7. The van der Waals surface area contributed by atoms with E-state index < -0.39 is 23.7 Å². The number of nitrogens with one attached hydrogen (secondary N) is 1. The average Bonchev–Trinajstić information content (AvgIpc) is 3.76. The van der Waals surface area contributed by atoms with Gasteiger partial charge < -0.3 is 19.6 Å². The van der Waals surface area contributed by atoms with Gasteiger partial charge in [0.25, 0.3) is 0 Å². The summed E-state index contributed by atoms with van der Waals surface area (Å²) in [5.41, 5.74) is 3.73. The van der Waals surface area contributed by atoms with E-state index in [2.05, 4.69) is 55.3 Å². The minimum absolute atomic E-state index is 0.00764. The van der Waals surface area contributed by atoms with Crippen LogP contribution in [0.4, 0.5) is 9.93 Å². The molecular formula is C40H56N4O6S. The fourth-order valence-corrected chi connectivity index (χ4v) is 10.2. The lowest BCUT2D eigenvalue weighted by molar-refractivity contribution is -0.139. The van der Waals surface area contributed by atoms with E-state index in [1.165, 1.54) is 27.4 Å². The number of rotatable bonds is 7. The summed E-state index contributed by atoms with van der Waals surface area (Å²) in [4.78, 5) is 52.1. The molecule has 2 heterocycles. The van der Waals surface area contributed by atoms with Crippen LogP contribution >= 0.6 is 11.3 Å². The molecule has 3 fully saturated rings. The molecule has 1 saturated heterocycles. The normalized spacial score (nSPS) is 28.1. The van der Waals surface area contributed by atoms with Crippen molar-refractivity contribution in [3.05, 3.63) is 39.9 Å². The van der Waals surface area contributed by atoms with Gasteiger partial charge in [-0.1, -0.05) is 38.9 Å². The van der Waals surface area contributed by atoms with E-state index in [0.717, 1.165) is 61.1 Å². The van der Waals surface area contributed by atoms with Crippen LogP contribution in [0.25, 0.3) is 0 Å². The van der Waals surface area contributed by atoms with Crippen LogP contribution in [0.1, 0.15) is 127 Å². The van der Waals surface area contributed by atoms with Gasteiger partial charge in [-0.2, -0.15) is 0 Å². The second-order valence-electron chi connectivity index (χ2n) is 17.4. The average molecular weight is 721 g/mol.